The van der Waals surface area contributed by atoms with E-state index in [0.29, 0.717) is 23.3 Å². The molecule has 2 aliphatic rings. The third kappa shape index (κ3) is 4.48. The number of hydrogen-bond acceptors (Lipinski definition) is 8. The maximum Gasteiger partial charge on any atom is 0.227 e. The van der Waals surface area contributed by atoms with Gasteiger partial charge in [-0.25, -0.2) is 18.7 Å². The first-order valence-corrected chi connectivity index (χ1v) is 11.7. The first-order valence-electron chi connectivity index (χ1n) is 11.7. The summed E-state index contributed by atoms with van der Waals surface area (Å²) in [6, 6.07) is 7.20. The number of rotatable bonds is 9. The van der Waals surface area contributed by atoms with Crippen LogP contribution in [-0.2, 0) is 17.8 Å². The van der Waals surface area contributed by atoms with Crippen molar-refractivity contribution >= 4 is 17.3 Å². The molecule has 2 aromatic carbocycles. The lowest BCUT2D eigenvalue weighted by Crippen LogP contribution is -2.66. The molecule has 36 heavy (non-hydrogen) atoms. The molecule has 1 aromatic heterocycles. The van der Waals surface area contributed by atoms with E-state index in [1.165, 1.54) is 25.6 Å². The van der Waals surface area contributed by atoms with Gasteiger partial charge in [0.25, 0.3) is 0 Å². The number of ether oxygens (including phenoxy) is 4. The van der Waals surface area contributed by atoms with Crippen LogP contribution in [0.2, 0.25) is 0 Å². The summed E-state index contributed by atoms with van der Waals surface area (Å²) >= 11 is 0. The number of aromatic nitrogens is 2. The highest BCUT2D eigenvalue weighted by atomic mass is 19.1. The van der Waals surface area contributed by atoms with Crippen molar-refractivity contribution in [2.75, 3.05) is 50.7 Å². The lowest BCUT2D eigenvalue weighted by Gasteiger charge is -2.56. The number of nitrogens with one attached hydrogen (secondary N) is 1. The minimum atomic E-state index is -0.779. The van der Waals surface area contributed by atoms with Gasteiger partial charge in [0, 0.05) is 24.8 Å². The van der Waals surface area contributed by atoms with E-state index in [2.05, 4.69) is 20.2 Å². The molecular formula is C26H28F2N4O4. The summed E-state index contributed by atoms with van der Waals surface area (Å²) in [5.41, 5.74) is 2.27. The standard InChI is InChI=1S/C26H28F2N4O4/c1-4-16-7-22(34-3)24(28)19(23(16)27)11-36-18-9-29-25(30-10-18)31-17-5-6-20(21(8-17)33-2)32-12-26(13-32)14-35-15-26/h5-10H,4,11-15H2,1-3H3,(H,29,30,31). The van der Waals surface area contributed by atoms with Crippen LogP contribution in [0.25, 0.3) is 0 Å². The van der Waals surface area contributed by atoms with Crippen LogP contribution in [-0.4, -0.2) is 50.5 Å². The van der Waals surface area contributed by atoms with E-state index in [1.807, 2.05) is 18.2 Å². The number of hydrogen-bond donors (Lipinski definition) is 1. The van der Waals surface area contributed by atoms with Crippen molar-refractivity contribution in [3.8, 4) is 17.2 Å². The minimum absolute atomic E-state index is 0.0187. The molecule has 3 aromatic rings. The molecule has 190 valence electrons. The van der Waals surface area contributed by atoms with Gasteiger partial charge in [0.15, 0.2) is 17.3 Å². The third-order valence-corrected chi connectivity index (χ3v) is 6.59. The molecule has 0 bridgehead atoms. The molecule has 2 fully saturated rings. The van der Waals surface area contributed by atoms with Gasteiger partial charge in [0.1, 0.15) is 18.2 Å². The Balaban J connectivity index is 1.23. The Morgan fingerprint density at radius 1 is 1.03 bits per heavy atom. The molecule has 8 nitrogen and oxygen atoms in total. The topological polar surface area (TPSA) is 78.0 Å². The Bertz CT molecular complexity index is 1220. The summed E-state index contributed by atoms with van der Waals surface area (Å²) in [6.07, 6.45) is 3.29. The van der Waals surface area contributed by atoms with Crippen molar-refractivity contribution in [1.29, 1.82) is 0 Å². The van der Waals surface area contributed by atoms with E-state index in [1.54, 1.807) is 14.0 Å². The van der Waals surface area contributed by atoms with Gasteiger partial charge in [-0.3, -0.25) is 0 Å². The molecule has 2 aliphatic heterocycles. The smallest absolute Gasteiger partial charge is 0.227 e. The van der Waals surface area contributed by atoms with Gasteiger partial charge in [-0.05, 0) is 30.2 Å². The first kappa shape index (κ1) is 24.1. The van der Waals surface area contributed by atoms with Crippen molar-refractivity contribution in [1.82, 2.24) is 9.97 Å². The van der Waals surface area contributed by atoms with Crippen LogP contribution in [0.15, 0.2) is 36.7 Å². The summed E-state index contributed by atoms with van der Waals surface area (Å²) in [5.74, 6) is -0.0582. The highest BCUT2D eigenvalue weighted by Gasteiger charge is 2.49. The van der Waals surface area contributed by atoms with Gasteiger partial charge in [0.05, 0.1) is 56.5 Å². The molecule has 1 spiro atoms. The van der Waals surface area contributed by atoms with Crippen LogP contribution >= 0.6 is 0 Å². The molecule has 1 N–H and O–H groups in total. The van der Waals surface area contributed by atoms with E-state index < -0.39 is 11.6 Å². The van der Waals surface area contributed by atoms with Crippen LogP contribution in [0.3, 0.4) is 0 Å². The molecule has 0 unspecified atom stereocenters. The van der Waals surface area contributed by atoms with E-state index in [-0.39, 0.29) is 23.7 Å². The van der Waals surface area contributed by atoms with Crippen LogP contribution in [0.4, 0.5) is 26.1 Å². The maximum absolute atomic E-state index is 14.6. The number of aryl methyl sites for hydroxylation is 1. The van der Waals surface area contributed by atoms with Gasteiger partial charge < -0.3 is 29.2 Å². The van der Waals surface area contributed by atoms with Gasteiger partial charge in [-0.2, -0.15) is 0 Å². The fourth-order valence-electron chi connectivity index (χ4n) is 4.52. The van der Waals surface area contributed by atoms with Crippen molar-refractivity contribution in [2.45, 2.75) is 20.0 Å². The molecule has 0 amide bonds. The van der Waals surface area contributed by atoms with Crippen LogP contribution in [0.1, 0.15) is 18.1 Å². The van der Waals surface area contributed by atoms with Gasteiger partial charge in [0.2, 0.25) is 5.95 Å². The number of anilines is 3. The monoisotopic (exact) mass is 498 g/mol. The molecule has 3 heterocycles. The van der Waals surface area contributed by atoms with E-state index in [0.717, 1.165) is 43.4 Å². The average Bonchev–Trinajstić information content (AvgIpc) is 2.84. The predicted octanol–water partition coefficient (Wildman–Crippen LogP) is 4.49. The zero-order valence-electron chi connectivity index (χ0n) is 20.4. The Morgan fingerprint density at radius 2 is 1.75 bits per heavy atom. The molecular weight excluding hydrogens is 470 g/mol. The second-order valence-corrected chi connectivity index (χ2v) is 9.09. The van der Waals surface area contributed by atoms with Crippen LogP contribution < -0.4 is 24.4 Å². The van der Waals surface area contributed by atoms with Crippen molar-refractivity contribution < 1.29 is 27.7 Å². The molecule has 10 heteroatoms. The third-order valence-electron chi connectivity index (χ3n) is 6.59. The SMILES string of the molecule is CCc1cc(OC)c(F)c(COc2cnc(Nc3ccc(N4CC5(COC5)C4)c(OC)c3)nc2)c1F. The van der Waals surface area contributed by atoms with Crippen molar-refractivity contribution in [2.24, 2.45) is 5.41 Å². The van der Waals surface area contributed by atoms with E-state index >= 15 is 0 Å². The largest absolute Gasteiger partial charge is 0.495 e. The Morgan fingerprint density at radius 3 is 2.36 bits per heavy atom. The Hall–Kier alpha value is -3.66. The second kappa shape index (κ2) is 9.77. The molecule has 0 atom stereocenters. The molecule has 0 saturated carbocycles. The normalized spacial score (nSPS) is 15.8. The predicted molar refractivity (Wildman–Crippen MR) is 130 cm³/mol. The number of benzene rings is 2. The minimum Gasteiger partial charge on any atom is -0.495 e. The van der Waals surface area contributed by atoms with E-state index in [9.17, 15) is 8.78 Å². The molecule has 0 aliphatic carbocycles. The quantitative estimate of drug-likeness (QED) is 0.462. The number of nitrogens with zero attached hydrogens (tertiary/aromatic N) is 3. The number of halogens is 2. The first-order chi connectivity index (χ1) is 17.4. The Kier molecular flexibility index (Phi) is 6.53. The lowest BCUT2D eigenvalue weighted by molar-refractivity contribution is -0.127. The van der Waals surface area contributed by atoms with E-state index in [4.69, 9.17) is 18.9 Å². The Labute approximate surface area is 208 Å². The van der Waals surface area contributed by atoms with Gasteiger partial charge >= 0.3 is 0 Å². The fourth-order valence-corrected chi connectivity index (χ4v) is 4.52. The summed E-state index contributed by atoms with van der Waals surface area (Å²) in [7, 11) is 2.98. The zero-order valence-corrected chi connectivity index (χ0v) is 20.4. The highest BCUT2D eigenvalue weighted by molar-refractivity contribution is 5.68. The summed E-state index contributed by atoms with van der Waals surface area (Å²) < 4.78 is 50.8. The van der Waals surface area contributed by atoms with Gasteiger partial charge in [-0.15, -0.1) is 0 Å². The van der Waals surface area contributed by atoms with Crippen molar-refractivity contribution in [3.05, 3.63) is 59.4 Å². The number of methoxy groups -OCH3 is 2. The maximum atomic E-state index is 14.6. The fraction of sp³-hybridized carbons (Fsp3) is 0.385. The lowest BCUT2D eigenvalue weighted by atomic mass is 9.77. The van der Waals surface area contributed by atoms with Crippen molar-refractivity contribution in [3.63, 3.8) is 0 Å². The molecule has 2 saturated heterocycles. The zero-order chi connectivity index (χ0) is 25.3. The summed E-state index contributed by atoms with van der Waals surface area (Å²) in [5, 5.41) is 3.14. The summed E-state index contributed by atoms with van der Waals surface area (Å²) in [6.45, 7) is 5.04. The van der Waals surface area contributed by atoms with Crippen LogP contribution in [0, 0.1) is 17.0 Å². The highest BCUT2D eigenvalue weighted by Crippen LogP contribution is 2.43. The summed E-state index contributed by atoms with van der Waals surface area (Å²) in [4.78, 5) is 10.8. The average molecular weight is 499 g/mol. The second-order valence-electron chi connectivity index (χ2n) is 9.09. The van der Waals surface area contributed by atoms with Gasteiger partial charge in [-0.1, -0.05) is 6.92 Å². The molecule has 0 radical (unpaired) electrons. The molecule has 5 rings (SSSR count). The van der Waals surface area contributed by atoms with Crippen LogP contribution in [0.5, 0.6) is 17.2 Å².